The summed E-state index contributed by atoms with van der Waals surface area (Å²) in [5.74, 6) is 1.53. The van der Waals surface area contributed by atoms with Crippen molar-refractivity contribution < 1.29 is 4.74 Å². The quantitative estimate of drug-likeness (QED) is 0.793. The SMILES string of the molecule is Cc1nc(OCCC2CCC2)ncc1CNCC(C)C. The molecule has 0 bridgehead atoms. The van der Waals surface area contributed by atoms with Crippen molar-refractivity contribution in [2.45, 2.75) is 53.0 Å². The molecule has 1 aliphatic carbocycles. The first kappa shape index (κ1) is 15.2. The van der Waals surface area contributed by atoms with Crippen molar-refractivity contribution in [2.24, 2.45) is 11.8 Å². The third-order valence-corrected chi connectivity index (χ3v) is 3.91. The van der Waals surface area contributed by atoms with E-state index in [9.17, 15) is 0 Å². The van der Waals surface area contributed by atoms with Crippen molar-refractivity contribution in [3.63, 3.8) is 0 Å². The minimum absolute atomic E-state index is 0.523. The lowest BCUT2D eigenvalue weighted by atomic mass is 9.83. The number of aromatic nitrogens is 2. The molecule has 4 heteroatoms. The first-order valence-corrected chi connectivity index (χ1v) is 7.81. The molecule has 1 N–H and O–H groups in total. The molecule has 4 nitrogen and oxygen atoms in total. The largest absolute Gasteiger partial charge is 0.463 e. The van der Waals surface area contributed by atoms with E-state index in [0.717, 1.165) is 43.3 Å². The molecule has 1 aromatic rings. The van der Waals surface area contributed by atoms with Crippen LogP contribution in [0.4, 0.5) is 0 Å². The smallest absolute Gasteiger partial charge is 0.316 e. The van der Waals surface area contributed by atoms with Crippen molar-refractivity contribution in [3.8, 4) is 6.01 Å². The molecule has 1 aliphatic rings. The lowest BCUT2D eigenvalue weighted by molar-refractivity contribution is 0.211. The molecule has 0 aromatic carbocycles. The highest BCUT2D eigenvalue weighted by Gasteiger charge is 2.17. The molecule has 0 atom stereocenters. The monoisotopic (exact) mass is 277 g/mol. The van der Waals surface area contributed by atoms with Crippen LogP contribution in [0.25, 0.3) is 0 Å². The molecule has 0 unspecified atom stereocenters. The standard InChI is InChI=1S/C16H27N3O/c1-12(2)9-17-10-15-11-18-16(19-13(15)3)20-8-7-14-5-4-6-14/h11-12,14,17H,4-10H2,1-3H3. The molecular weight excluding hydrogens is 250 g/mol. The molecule has 0 radical (unpaired) electrons. The van der Waals surface area contributed by atoms with Gasteiger partial charge in [0.1, 0.15) is 0 Å². The Morgan fingerprint density at radius 3 is 2.80 bits per heavy atom. The zero-order valence-electron chi connectivity index (χ0n) is 13.0. The van der Waals surface area contributed by atoms with Crippen LogP contribution in [0.15, 0.2) is 6.20 Å². The van der Waals surface area contributed by atoms with Gasteiger partial charge in [-0.05, 0) is 31.7 Å². The van der Waals surface area contributed by atoms with Crippen molar-refractivity contribution in [2.75, 3.05) is 13.2 Å². The number of rotatable bonds is 8. The molecule has 1 saturated carbocycles. The Bertz CT molecular complexity index is 416. The molecule has 0 saturated heterocycles. The lowest BCUT2D eigenvalue weighted by Gasteiger charge is -2.24. The predicted octanol–water partition coefficient (Wildman–Crippen LogP) is 3.10. The topological polar surface area (TPSA) is 47.0 Å². The summed E-state index contributed by atoms with van der Waals surface area (Å²) in [6, 6.07) is 0.523. The third-order valence-electron chi connectivity index (χ3n) is 3.91. The van der Waals surface area contributed by atoms with E-state index < -0.39 is 0 Å². The van der Waals surface area contributed by atoms with Crippen LogP contribution in [-0.4, -0.2) is 23.1 Å². The Kier molecular flexibility index (Phi) is 5.77. The summed E-state index contributed by atoms with van der Waals surface area (Å²) in [7, 11) is 0. The van der Waals surface area contributed by atoms with E-state index in [1.165, 1.54) is 19.3 Å². The highest BCUT2D eigenvalue weighted by Crippen LogP contribution is 2.29. The van der Waals surface area contributed by atoms with E-state index in [4.69, 9.17) is 4.74 Å². The van der Waals surface area contributed by atoms with E-state index in [1.807, 2.05) is 13.1 Å². The van der Waals surface area contributed by atoms with Gasteiger partial charge in [0.2, 0.25) is 0 Å². The van der Waals surface area contributed by atoms with E-state index >= 15 is 0 Å². The summed E-state index contributed by atoms with van der Waals surface area (Å²) >= 11 is 0. The van der Waals surface area contributed by atoms with Gasteiger partial charge >= 0.3 is 6.01 Å². The summed E-state index contributed by atoms with van der Waals surface area (Å²) in [6.07, 6.45) is 7.14. The Morgan fingerprint density at radius 1 is 1.40 bits per heavy atom. The molecule has 0 spiro atoms. The molecule has 2 rings (SSSR count). The van der Waals surface area contributed by atoms with Crippen molar-refractivity contribution in [3.05, 3.63) is 17.5 Å². The summed E-state index contributed by atoms with van der Waals surface area (Å²) in [5.41, 5.74) is 2.16. The molecule has 112 valence electrons. The average Bonchev–Trinajstić information content (AvgIpc) is 2.34. The zero-order valence-corrected chi connectivity index (χ0v) is 13.0. The van der Waals surface area contributed by atoms with Gasteiger partial charge in [-0.1, -0.05) is 33.1 Å². The summed E-state index contributed by atoms with van der Waals surface area (Å²) in [4.78, 5) is 8.74. The van der Waals surface area contributed by atoms with Crippen LogP contribution in [-0.2, 0) is 6.54 Å². The fourth-order valence-electron chi connectivity index (χ4n) is 2.31. The zero-order chi connectivity index (χ0) is 14.4. The fraction of sp³-hybridized carbons (Fsp3) is 0.750. The number of aryl methyl sites for hydroxylation is 1. The van der Waals surface area contributed by atoms with Crippen LogP contribution in [0.3, 0.4) is 0 Å². The van der Waals surface area contributed by atoms with Gasteiger partial charge in [0.15, 0.2) is 0 Å². The molecule has 1 heterocycles. The van der Waals surface area contributed by atoms with Crippen LogP contribution >= 0.6 is 0 Å². The van der Waals surface area contributed by atoms with Crippen LogP contribution in [0.2, 0.25) is 0 Å². The number of hydrogen-bond donors (Lipinski definition) is 1. The minimum Gasteiger partial charge on any atom is -0.463 e. The summed E-state index contributed by atoms with van der Waals surface area (Å²) < 4.78 is 5.65. The van der Waals surface area contributed by atoms with Gasteiger partial charge in [0, 0.05) is 24.0 Å². The highest BCUT2D eigenvalue weighted by molar-refractivity contribution is 5.17. The Balaban J connectivity index is 1.75. The average molecular weight is 277 g/mol. The van der Waals surface area contributed by atoms with Crippen LogP contribution in [0.1, 0.15) is 50.8 Å². The van der Waals surface area contributed by atoms with Gasteiger partial charge in [-0.15, -0.1) is 0 Å². The molecule has 1 fully saturated rings. The Hall–Kier alpha value is -1.16. The molecule has 0 aliphatic heterocycles. The summed E-state index contributed by atoms with van der Waals surface area (Å²) in [6.45, 7) is 9.01. The van der Waals surface area contributed by atoms with Crippen LogP contribution in [0, 0.1) is 18.8 Å². The second kappa shape index (κ2) is 7.58. The van der Waals surface area contributed by atoms with Gasteiger partial charge in [0.05, 0.1) is 6.61 Å². The lowest BCUT2D eigenvalue weighted by Crippen LogP contribution is -2.20. The van der Waals surface area contributed by atoms with Gasteiger partial charge in [-0.2, -0.15) is 0 Å². The first-order valence-electron chi connectivity index (χ1n) is 7.81. The number of nitrogens with zero attached hydrogens (tertiary/aromatic N) is 2. The number of ether oxygens (including phenoxy) is 1. The van der Waals surface area contributed by atoms with E-state index in [2.05, 4.69) is 29.1 Å². The Morgan fingerprint density at radius 2 is 2.20 bits per heavy atom. The van der Waals surface area contributed by atoms with Gasteiger partial charge in [-0.3, -0.25) is 0 Å². The van der Waals surface area contributed by atoms with Gasteiger partial charge in [-0.25, -0.2) is 9.97 Å². The molecule has 0 amide bonds. The number of nitrogens with one attached hydrogen (secondary N) is 1. The molecule has 1 aromatic heterocycles. The van der Waals surface area contributed by atoms with Crippen molar-refractivity contribution in [1.82, 2.24) is 15.3 Å². The van der Waals surface area contributed by atoms with Crippen LogP contribution in [0.5, 0.6) is 6.01 Å². The maximum atomic E-state index is 5.65. The van der Waals surface area contributed by atoms with Gasteiger partial charge in [0.25, 0.3) is 0 Å². The van der Waals surface area contributed by atoms with E-state index in [-0.39, 0.29) is 0 Å². The van der Waals surface area contributed by atoms with E-state index in [0.29, 0.717) is 11.9 Å². The maximum absolute atomic E-state index is 5.65. The minimum atomic E-state index is 0.523. The second-order valence-corrected chi connectivity index (χ2v) is 6.22. The summed E-state index contributed by atoms with van der Waals surface area (Å²) in [5, 5.41) is 3.41. The Labute approximate surface area is 122 Å². The van der Waals surface area contributed by atoms with Gasteiger partial charge < -0.3 is 10.1 Å². The highest BCUT2D eigenvalue weighted by atomic mass is 16.5. The second-order valence-electron chi connectivity index (χ2n) is 6.22. The van der Waals surface area contributed by atoms with Crippen molar-refractivity contribution >= 4 is 0 Å². The van der Waals surface area contributed by atoms with Crippen LogP contribution < -0.4 is 10.1 Å². The fourth-order valence-corrected chi connectivity index (χ4v) is 2.31. The molecule has 20 heavy (non-hydrogen) atoms. The predicted molar refractivity (Wildman–Crippen MR) is 80.8 cm³/mol. The first-order chi connectivity index (χ1) is 9.65. The maximum Gasteiger partial charge on any atom is 0.316 e. The normalized spacial score (nSPS) is 15.4. The molecular formula is C16H27N3O. The number of hydrogen-bond acceptors (Lipinski definition) is 4. The van der Waals surface area contributed by atoms with Crippen molar-refractivity contribution in [1.29, 1.82) is 0 Å². The van der Waals surface area contributed by atoms with E-state index in [1.54, 1.807) is 0 Å². The third kappa shape index (κ3) is 4.75.